The largest absolute Gasteiger partial charge is 0.388 e. The molecule has 3 N–H and O–H groups in total. The first-order valence-electron chi connectivity index (χ1n) is 5.50. The normalized spacial score (nSPS) is 19.8. The van der Waals surface area contributed by atoms with Crippen molar-refractivity contribution in [2.75, 3.05) is 39.3 Å². The Morgan fingerprint density at radius 2 is 1.64 bits per heavy atom. The van der Waals surface area contributed by atoms with Gasteiger partial charge in [0.05, 0.1) is 5.84 Å². The van der Waals surface area contributed by atoms with E-state index in [4.69, 9.17) is 11.1 Å². The quantitative estimate of drug-likeness (QED) is 0.495. The molecule has 0 atom stereocenters. The van der Waals surface area contributed by atoms with E-state index >= 15 is 0 Å². The van der Waals surface area contributed by atoms with Crippen LogP contribution in [-0.2, 0) is 0 Å². The molecule has 0 radical (unpaired) electrons. The van der Waals surface area contributed by atoms with Crippen molar-refractivity contribution in [2.24, 2.45) is 5.73 Å². The van der Waals surface area contributed by atoms with Gasteiger partial charge in [0, 0.05) is 39.1 Å². The Balaban J connectivity index is 2.12. The van der Waals surface area contributed by atoms with Gasteiger partial charge in [0.25, 0.3) is 0 Å². The smallest absolute Gasteiger partial charge is 0.0918 e. The molecule has 0 aromatic rings. The van der Waals surface area contributed by atoms with Crippen LogP contribution in [0.2, 0.25) is 0 Å². The summed E-state index contributed by atoms with van der Waals surface area (Å²) in [6.07, 6.45) is 1.96. The van der Waals surface area contributed by atoms with Gasteiger partial charge < -0.3 is 15.5 Å². The molecule has 1 fully saturated rings. The lowest BCUT2D eigenvalue weighted by Crippen LogP contribution is -2.47. The van der Waals surface area contributed by atoms with Crippen LogP contribution in [0.5, 0.6) is 0 Å². The molecule has 82 valence electrons. The minimum atomic E-state index is 0.306. The van der Waals surface area contributed by atoms with Crippen LogP contribution in [0.25, 0.3) is 0 Å². The van der Waals surface area contributed by atoms with Crippen LogP contribution in [0.15, 0.2) is 0 Å². The fourth-order valence-corrected chi connectivity index (χ4v) is 1.83. The Morgan fingerprint density at radius 1 is 1.14 bits per heavy atom. The molecule has 0 aromatic carbocycles. The molecular weight excluding hydrogens is 176 g/mol. The second-order valence-corrected chi connectivity index (χ2v) is 3.96. The van der Waals surface area contributed by atoms with E-state index < -0.39 is 0 Å². The fraction of sp³-hybridized carbons (Fsp3) is 0.900. The first-order valence-corrected chi connectivity index (χ1v) is 5.50. The molecule has 0 bridgehead atoms. The van der Waals surface area contributed by atoms with E-state index in [0.29, 0.717) is 12.3 Å². The summed E-state index contributed by atoms with van der Waals surface area (Å²) in [4.78, 5) is 4.90. The van der Waals surface area contributed by atoms with Crippen LogP contribution >= 0.6 is 0 Å². The Bertz CT molecular complexity index is 173. The zero-order valence-electron chi connectivity index (χ0n) is 9.13. The van der Waals surface area contributed by atoms with Gasteiger partial charge in [-0.3, -0.25) is 5.41 Å². The van der Waals surface area contributed by atoms with Gasteiger partial charge >= 0.3 is 0 Å². The topological polar surface area (TPSA) is 56.4 Å². The molecular formula is C10H22N4. The van der Waals surface area contributed by atoms with E-state index in [9.17, 15) is 0 Å². The van der Waals surface area contributed by atoms with Crippen molar-refractivity contribution in [2.45, 2.75) is 19.8 Å². The fourth-order valence-electron chi connectivity index (χ4n) is 1.83. The van der Waals surface area contributed by atoms with E-state index in [0.717, 1.165) is 19.6 Å². The maximum absolute atomic E-state index is 7.16. The standard InChI is InChI=1S/C10H22N4/c1-2-4-13-6-8-14(9-7-13)5-3-10(11)12/h2-9H2,1H3,(H3,11,12). The summed E-state index contributed by atoms with van der Waals surface area (Å²) in [5, 5.41) is 7.16. The predicted octanol–water partition coefficient (Wildman–Crippen LogP) is 0.340. The molecule has 1 heterocycles. The van der Waals surface area contributed by atoms with E-state index in [2.05, 4.69) is 16.7 Å². The third kappa shape index (κ3) is 4.07. The molecule has 14 heavy (non-hydrogen) atoms. The highest BCUT2D eigenvalue weighted by molar-refractivity contribution is 5.76. The highest BCUT2D eigenvalue weighted by atomic mass is 15.3. The number of nitrogens with one attached hydrogen (secondary N) is 1. The number of rotatable bonds is 5. The Kier molecular flexibility index (Phi) is 4.90. The number of hydrogen-bond acceptors (Lipinski definition) is 3. The van der Waals surface area contributed by atoms with Gasteiger partial charge in [-0.25, -0.2) is 0 Å². The monoisotopic (exact) mass is 198 g/mol. The predicted molar refractivity (Wildman–Crippen MR) is 59.7 cm³/mol. The molecule has 1 aliphatic rings. The zero-order valence-corrected chi connectivity index (χ0v) is 9.13. The SMILES string of the molecule is CCCN1CCN(CCC(=N)N)CC1. The second-order valence-electron chi connectivity index (χ2n) is 3.96. The van der Waals surface area contributed by atoms with Crippen molar-refractivity contribution in [3.63, 3.8) is 0 Å². The Morgan fingerprint density at radius 3 is 2.07 bits per heavy atom. The van der Waals surface area contributed by atoms with Crippen LogP contribution in [0.4, 0.5) is 0 Å². The summed E-state index contributed by atoms with van der Waals surface area (Å²) < 4.78 is 0. The number of amidine groups is 1. The molecule has 0 saturated carbocycles. The summed E-state index contributed by atoms with van der Waals surface area (Å²) in [6.45, 7) is 9.01. The first-order chi connectivity index (χ1) is 6.72. The molecule has 1 rings (SSSR count). The van der Waals surface area contributed by atoms with E-state index in [1.54, 1.807) is 0 Å². The average molecular weight is 198 g/mol. The van der Waals surface area contributed by atoms with Crippen molar-refractivity contribution in [1.82, 2.24) is 9.80 Å². The van der Waals surface area contributed by atoms with Gasteiger partial charge in [-0.15, -0.1) is 0 Å². The van der Waals surface area contributed by atoms with E-state index in [-0.39, 0.29) is 0 Å². The van der Waals surface area contributed by atoms with Crippen LogP contribution < -0.4 is 5.73 Å². The molecule has 0 amide bonds. The third-order valence-electron chi connectivity index (χ3n) is 2.70. The van der Waals surface area contributed by atoms with Crippen LogP contribution in [0.3, 0.4) is 0 Å². The maximum atomic E-state index is 7.16. The molecule has 4 heteroatoms. The third-order valence-corrected chi connectivity index (χ3v) is 2.70. The van der Waals surface area contributed by atoms with Crippen molar-refractivity contribution < 1.29 is 0 Å². The summed E-state index contributed by atoms with van der Waals surface area (Å²) in [7, 11) is 0. The van der Waals surface area contributed by atoms with Gasteiger partial charge in [0.1, 0.15) is 0 Å². The van der Waals surface area contributed by atoms with Crippen LogP contribution in [-0.4, -0.2) is 54.9 Å². The molecule has 0 aromatic heterocycles. The highest BCUT2D eigenvalue weighted by Gasteiger charge is 2.15. The first kappa shape index (κ1) is 11.5. The highest BCUT2D eigenvalue weighted by Crippen LogP contribution is 2.02. The van der Waals surface area contributed by atoms with Gasteiger partial charge in [-0.05, 0) is 13.0 Å². The van der Waals surface area contributed by atoms with Crippen molar-refractivity contribution in [1.29, 1.82) is 5.41 Å². The molecule has 1 aliphatic heterocycles. The van der Waals surface area contributed by atoms with Crippen LogP contribution in [0.1, 0.15) is 19.8 Å². The molecule has 1 saturated heterocycles. The van der Waals surface area contributed by atoms with Gasteiger partial charge in [0.2, 0.25) is 0 Å². The lowest BCUT2D eigenvalue weighted by Gasteiger charge is -2.34. The maximum Gasteiger partial charge on any atom is 0.0918 e. The molecule has 0 aliphatic carbocycles. The van der Waals surface area contributed by atoms with Crippen molar-refractivity contribution >= 4 is 5.84 Å². The Labute approximate surface area is 86.6 Å². The van der Waals surface area contributed by atoms with Gasteiger partial charge in [-0.2, -0.15) is 0 Å². The molecule has 0 spiro atoms. The van der Waals surface area contributed by atoms with E-state index in [1.165, 1.54) is 26.1 Å². The number of hydrogen-bond donors (Lipinski definition) is 2. The van der Waals surface area contributed by atoms with E-state index in [1.807, 2.05) is 0 Å². The summed E-state index contributed by atoms with van der Waals surface area (Å²) in [5.74, 6) is 0.306. The second kappa shape index (κ2) is 5.98. The minimum Gasteiger partial charge on any atom is -0.388 e. The Hall–Kier alpha value is -0.610. The van der Waals surface area contributed by atoms with Crippen LogP contribution in [0, 0.1) is 5.41 Å². The average Bonchev–Trinajstić information content (AvgIpc) is 2.17. The summed E-state index contributed by atoms with van der Waals surface area (Å²) in [6, 6.07) is 0. The van der Waals surface area contributed by atoms with Crippen molar-refractivity contribution in [3.8, 4) is 0 Å². The molecule has 4 nitrogen and oxygen atoms in total. The number of nitrogens with two attached hydrogens (primary N) is 1. The minimum absolute atomic E-state index is 0.306. The number of piperazine rings is 1. The lowest BCUT2D eigenvalue weighted by molar-refractivity contribution is 0.135. The lowest BCUT2D eigenvalue weighted by atomic mass is 10.2. The van der Waals surface area contributed by atoms with Gasteiger partial charge in [-0.1, -0.05) is 6.92 Å². The molecule has 0 unspecified atom stereocenters. The summed E-state index contributed by atoms with van der Waals surface area (Å²) in [5.41, 5.74) is 5.33. The number of nitrogens with zero attached hydrogens (tertiary/aromatic N) is 2. The van der Waals surface area contributed by atoms with Gasteiger partial charge in [0.15, 0.2) is 0 Å². The zero-order chi connectivity index (χ0) is 10.4. The summed E-state index contributed by atoms with van der Waals surface area (Å²) >= 11 is 0. The van der Waals surface area contributed by atoms with Crippen molar-refractivity contribution in [3.05, 3.63) is 0 Å².